The highest BCUT2D eigenvalue weighted by Crippen LogP contribution is 2.24. The summed E-state index contributed by atoms with van der Waals surface area (Å²) in [6.07, 6.45) is 1.60. The van der Waals surface area contributed by atoms with E-state index >= 15 is 0 Å². The number of carbonyl (C=O) groups is 2. The largest absolute Gasteiger partial charge is 0.385 e. The molecule has 0 bridgehead atoms. The maximum absolute atomic E-state index is 12.9. The molecule has 1 aromatic carbocycles. The minimum absolute atomic E-state index is 0.0990. The van der Waals surface area contributed by atoms with Gasteiger partial charge in [-0.1, -0.05) is 30.3 Å². The number of ether oxygens (including phenoxy) is 1. The highest BCUT2D eigenvalue weighted by atomic mass is 32.2. The predicted molar refractivity (Wildman–Crippen MR) is 112 cm³/mol. The molecule has 2 aliphatic rings. The van der Waals surface area contributed by atoms with Gasteiger partial charge in [-0.2, -0.15) is 0 Å². The van der Waals surface area contributed by atoms with E-state index in [0.29, 0.717) is 32.5 Å². The summed E-state index contributed by atoms with van der Waals surface area (Å²) in [5, 5.41) is 5.76. The number of methoxy groups -OCH3 is 1. The molecule has 0 aliphatic carbocycles. The van der Waals surface area contributed by atoms with Gasteiger partial charge in [-0.05, 0) is 24.8 Å². The molecule has 3 rings (SSSR count). The van der Waals surface area contributed by atoms with Crippen molar-refractivity contribution in [3.63, 3.8) is 0 Å². The second kappa shape index (κ2) is 10.2. The molecule has 10 heteroatoms. The second-order valence-corrected chi connectivity index (χ2v) is 9.66. The van der Waals surface area contributed by atoms with E-state index in [4.69, 9.17) is 4.74 Å². The van der Waals surface area contributed by atoms with Gasteiger partial charge in [-0.25, -0.2) is 17.5 Å². The minimum Gasteiger partial charge on any atom is -0.385 e. The number of hydrogen-bond donors (Lipinski definition) is 2. The van der Waals surface area contributed by atoms with Crippen LogP contribution in [0.25, 0.3) is 0 Å². The Morgan fingerprint density at radius 1 is 1.27 bits per heavy atom. The number of fused-ring (bicyclic) bond motifs is 1. The van der Waals surface area contributed by atoms with Crippen molar-refractivity contribution in [2.75, 3.05) is 45.6 Å². The summed E-state index contributed by atoms with van der Waals surface area (Å²) in [4.78, 5) is 27.0. The minimum atomic E-state index is -3.62. The molecule has 3 amide bonds. The van der Waals surface area contributed by atoms with Crippen molar-refractivity contribution in [2.24, 2.45) is 0 Å². The number of rotatable bonds is 8. The number of benzene rings is 1. The maximum Gasteiger partial charge on any atom is 0.315 e. The summed E-state index contributed by atoms with van der Waals surface area (Å²) in [7, 11) is -2.08. The molecule has 0 radical (unpaired) electrons. The highest BCUT2D eigenvalue weighted by Gasteiger charge is 2.45. The summed E-state index contributed by atoms with van der Waals surface area (Å²) in [6, 6.07) is 8.89. The molecule has 2 fully saturated rings. The number of hydrogen-bond acceptors (Lipinski definition) is 6. The van der Waals surface area contributed by atoms with Crippen molar-refractivity contribution in [3.05, 3.63) is 35.9 Å². The van der Waals surface area contributed by atoms with Gasteiger partial charge in [-0.15, -0.1) is 0 Å². The van der Waals surface area contributed by atoms with Crippen LogP contribution in [0.4, 0.5) is 4.79 Å². The first-order valence-electron chi connectivity index (χ1n) is 10.3. The third kappa shape index (κ3) is 5.71. The summed E-state index contributed by atoms with van der Waals surface area (Å²) in [5.74, 6) is -0.504. The van der Waals surface area contributed by atoms with E-state index in [9.17, 15) is 18.0 Å². The van der Waals surface area contributed by atoms with Gasteiger partial charge in [0, 0.05) is 45.9 Å². The first-order valence-corrected chi connectivity index (χ1v) is 11.9. The van der Waals surface area contributed by atoms with Crippen LogP contribution in [0.1, 0.15) is 18.4 Å². The van der Waals surface area contributed by atoms with Crippen LogP contribution in [0.5, 0.6) is 0 Å². The first-order chi connectivity index (χ1) is 14.4. The number of nitrogens with zero attached hydrogens (tertiary/aromatic N) is 2. The Kier molecular flexibility index (Phi) is 7.68. The van der Waals surface area contributed by atoms with Gasteiger partial charge in [0.1, 0.15) is 0 Å². The van der Waals surface area contributed by atoms with Gasteiger partial charge in [0.25, 0.3) is 5.91 Å². The molecule has 30 heavy (non-hydrogen) atoms. The van der Waals surface area contributed by atoms with Crippen LogP contribution in [-0.4, -0.2) is 87.3 Å². The van der Waals surface area contributed by atoms with Crippen LogP contribution < -0.4 is 10.6 Å². The third-order valence-electron chi connectivity index (χ3n) is 5.49. The van der Waals surface area contributed by atoms with E-state index in [1.165, 1.54) is 0 Å². The summed E-state index contributed by atoms with van der Waals surface area (Å²) >= 11 is 0. The fourth-order valence-corrected chi connectivity index (χ4v) is 5.45. The zero-order valence-electron chi connectivity index (χ0n) is 17.2. The topological polar surface area (TPSA) is 108 Å². The molecule has 2 N–H and O–H groups in total. The average Bonchev–Trinajstić information content (AvgIpc) is 3.09. The Hall–Kier alpha value is -2.17. The Bertz CT molecular complexity index is 833. The van der Waals surface area contributed by atoms with Crippen molar-refractivity contribution in [3.8, 4) is 0 Å². The van der Waals surface area contributed by atoms with E-state index in [1.807, 2.05) is 35.2 Å². The molecule has 166 valence electrons. The van der Waals surface area contributed by atoms with Crippen molar-refractivity contribution in [1.29, 1.82) is 0 Å². The molecule has 1 aromatic rings. The molecule has 9 nitrogen and oxygen atoms in total. The number of nitrogens with one attached hydrogen (secondary N) is 2. The molecule has 2 atom stereocenters. The zero-order valence-corrected chi connectivity index (χ0v) is 18.1. The van der Waals surface area contributed by atoms with E-state index in [0.717, 1.165) is 16.3 Å². The predicted octanol–water partition coefficient (Wildman–Crippen LogP) is 0.180. The van der Waals surface area contributed by atoms with Crippen molar-refractivity contribution in [2.45, 2.75) is 31.3 Å². The van der Waals surface area contributed by atoms with Gasteiger partial charge in [0.2, 0.25) is 10.0 Å². The summed E-state index contributed by atoms with van der Waals surface area (Å²) in [5.41, 5.74) is 1.15. The average molecular weight is 439 g/mol. The number of amides is 3. The maximum atomic E-state index is 12.9. The monoisotopic (exact) mass is 438 g/mol. The smallest absolute Gasteiger partial charge is 0.315 e. The fourth-order valence-electron chi connectivity index (χ4n) is 3.96. The van der Waals surface area contributed by atoms with Crippen LogP contribution in [0.2, 0.25) is 0 Å². The second-order valence-electron chi connectivity index (χ2n) is 7.65. The normalized spacial score (nSPS) is 23.6. The lowest BCUT2D eigenvalue weighted by Crippen LogP contribution is -2.45. The van der Waals surface area contributed by atoms with Crippen LogP contribution in [0.15, 0.2) is 30.3 Å². The van der Waals surface area contributed by atoms with Crippen LogP contribution in [0, 0.1) is 0 Å². The van der Waals surface area contributed by atoms with Gasteiger partial charge < -0.3 is 15.4 Å². The van der Waals surface area contributed by atoms with Gasteiger partial charge in [0.15, 0.2) is 0 Å². The van der Waals surface area contributed by atoms with Crippen LogP contribution in [-0.2, 0) is 26.0 Å². The Morgan fingerprint density at radius 2 is 2.03 bits per heavy atom. The standard InChI is InChI=1S/C20H30N4O5S/c1-29-12-5-10-24-19(25)18-14-17(15-23(18)11-13-30(24,27)28)22-20(26)21-9-8-16-6-3-2-4-7-16/h2-4,6-7,17-18H,5,8-15H2,1H3,(H2,21,22,26). The third-order valence-corrected chi connectivity index (χ3v) is 7.23. The van der Waals surface area contributed by atoms with Gasteiger partial charge in [-0.3, -0.25) is 9.69 Å². The summed E-state index contributed by atoms with van der Waals surface area (Å²) in [6.45, 7) is 1.77. The Morgan fingerprint density at radius 3 is 2.77 bits per heavy atom. The lowest BCUT2D eigenvalue weighted by molar-refractivity contribution is -0.130. The van der Waals surface area contributed by atoms with Crippen molar-refractivity contribution >= 4 is 22.0 Å². The zero-order chi connectivity index (χ0) is 21.6. The molecule has 0 aromatic heterocycles. The number of carbonyl (C=O) groups excluding carboxylic acids is 2. The quantitative estimate of drug-likeness (QED) is 0.561. The Labute approximate surface area is 177 Å². The van der Waals surface area contributed by atoms with E-state index in [2.05, 4.69) is 10.6 Å². The van der Waals surface area contributed by atoms with E-state index < -0.39 is 22.0 Å². The van der Waals surface area contributed by atoms with Gasteiger partial charge >= 0.3 is 6.03 Å². The summed E-state index contributed by atoms with van der Waals surface area (Å²) < 4.78 is 31.0. The first kappa shape index (κ1) is 22.5. The molecule has 0 spiro atoms. The molecular weight excluding hydrogens is 408 g/mol. The molecule has 2 aliphatic heterocycles. The number of sulfonamides is 1. The molecular formula is C20H30N4O5S. The van der Waals surface area contributed by atoms with Crippen LogP contribution >= 0.6 is 0 Å². The molecule has 2 heterocycles. The molecule has 0 saturated carbocycles. The van der Waals surface area contributed by atoms with Crippen molar-refractivity contribution in [1.82, 2.24) is 19.8 Å². The lowest BCUT2D eigenvalue weighted by atomic mass is 10.1. The van der Waals surface area contributed by atoms with Crippen LogP contribution in [0.3, 0.4) is 0 Å². The van der Waals surface area contributed by atoms with Gasteiger partial charge in [0.05, 0.1) is 11.8 Å². The molecule has 2 unspecified atom stereocenters. The SMILES string of the molecule is COCCCN1C(=O)C2CC(NC(=O)NCCc3ccccc3)CN2CCS1(=O)=O. The Balaban J connectivity index is 1.51. The fraction of sp³-hybridized carbons (Fsp3) is 0.600. The van der Waals surface area contributed by atoms with Crippen molar-refractivity contribution < 1.29 is 22.7 Å². The number of urea groups is 1. The van der Waals surface area contributed by atoms with E-state index in [-0.39, 0.29) is 30.9 Å². The highest BCUT2D eigenvalue weighted by molar-refractivity contribution is 7.89. The van der Waals surface area contributed by atoms with E-state index in [1.54, 1.807) is 7.11 Å². The molecule has 2 saturated heterocycles. The lowest BCUT2D eigenvalue weighted by Gasteiger charge is -2.23.